The van der Waals surface area contributed by atoms with Crippen LogP contribution >= 0.6 is 0 Å². The average molecular weight is 120 g/mol. The summed E-state index contributed by atoms with van der Waals surface area (Å²) in [7, 11) is 0. The fourth-order valence-electron chi connectivity index (χ4n) is 0.426. The van der Waals surface area contributed by atoms with Crippen LogP contribution in [0.5, 0.6) is 0 Å². The Hall–Kier alpha value is -1.36. The molecule has 2 heteroatoms. The molecule has 0 spiro atoms. The molecule has 1 rings (SSSR count). The molecule has 1 heterocycles. The van der Waals surface area contributed by atoms with Gasteiger partial charge in [0.1, 0.15) is 0 Å². The predicted octanol–water partition coefficient (Wildman–Crippen LogP) is 1.59. The van der Waals surface area contributed by atoms with Gasteiger partial charge in [0, 0.05) is 12.4 Å². The van der Waals surface area contributed by atoms with Gasteiger partial charge in [0.05, 0.1) is 11.6 Å². The molecule has 0 bridgehead atoms. The Morgan fingerprint density at radius 2 is 1.89 bits per heavy atom. The summed E-state index contributed by atoms with van der Waals surface area (Å²) in [5, 5.41) is 8.26. The molecule has 0 aromatic carbocycles. The SMILES string of the molecule is C.N#Cc1ccncc1. The molecule has 0 amide bonds. The normalized spacial score (nSPS) is 7.00. The van der Waals surface area contributed by atoms with Gasteiger partial charge in [-0.2, -0.15) is 5.26 Å². The van der Waals surface area contributed by atoms with Crippen molar-refractivity contribution < 1.29 is 0 Å². The van der Waals surface area contributed by atoms with E-state index in [9.17, 15) is 0 Å². The second-order valence-corrected chi connectivity index (χ2v) is 1.35. The maximum absolute atomic E-state index is 8.26. The van der Waals surface area contributed by atoms with Crippen molar-refractivity contribution in [1.29, 1.82) is 5.26 Å². The van der Waals surface area contributed by atoms with Crippen LogP contribution in [0.15, 0.2) is 24.5 Å². The minimum absolute atomic E-state index is 0. The molecule has 46 valence electrons. The maximum atomic E-state index is 8.26. The van der Waals surface area contributed by atoms with E-state index in [0.29, 0.717) is 5.56 Å². The quantitative estimate of drug-likeness (QED) is 0.521. The lowest BCUT2D eigenvalue weighted by Gasteiger charge is -1.79. The highest BCUT2D eigenvalue weighted by atomic mass is 14.6. The summed E-state index contributed by atoms with van der Waals surface area (Å²) < 4.78 is 0. The topological polar surface area (TPSA) is 36.7 Å². The number of pyridine rings is 1. The molecule has 0 aliphatic rings. The van der Waals surface area contributed by atoms with Crippen LogP contribution in [0, 0.1) is 11.3 Å². The van der Waals surface area contributed by atoms with Gasteiger partial charge in [0.2, 0.25) is 0 Å². The molecule has 0 saturated heterocycles. The Morgan fingerprint density at radius 3 is 2.22 bits per heavy atom. The Bertz CT molecular complexity index is 198. The number of hydrogen-bond donors (Lipinski definition) is 0. The highest BCUT2D eigenvalue weighted by Crippen LogP contribution is 1.89. The first-order valence-electron chi connectivity index (χ1n) is 2.23. The zero-order valence-corrected chi connectivity index (χ0v) is 4.20. The molecule has 2 nitrogen and oxygen atoms in total. The van der Waals surface area contributed by atoms with Crippen molar-refractivity contribution in [3.05, 3.63) is 30.1 Å². The predicted molar refractivity (Wildman–Crippen MR) is 35.7 cm³/mol. The lowest BCUT2D eigenvalue weighted by molar-refractivity contribution is 1.31. The number of nitriles is 1. The molecule has 0 aliphatic carbocycles. The number of hydrogen-bond acceptors (Lipinski definition) is 2. The molecule has 9 heavy (non-hydrogen) atoms. The first-order chi connectivity index (χ1) is 3.93. The third-order valence-corrected chi connectivity index (χ3v) is 0.809. The van der Waals surface area contributed by atoms with E-state index in [2.05, 4.69) is 4.98 Å². The molecule has 0 aliphatic heterocycles. The summed E-state index contributed by atoms with van der Waals surface area (Å²) >= 11 is 0. The Balaban J connectivity index is 0.000000640. The standard InChI is InChI=1S/C6H4N2.CH4/c7-5-6-1-3-8-4-2-6;/h1-4H;1H4. The fraction of sp³-hybridized carbons (Fsp3) is 0.143. The Labute approximate surface area is 54.8 Å². The Kier molecular flexibility index (Phi) is 3.07. The molecular formula is C7H8N2. The molecule has 0 unspecified atom stereocenters. The second-order valence-electron chi connectivity index (χ2n) is 1.35. The van der Waals surface area contributed by atoms with Crippen molar-refractivity contribution in [3.8, 4) is 6.07 Å². The smallest absolute Gasteiger partial charge is 0.0992 e. The number of nitrogens with zero attached hydrogens (tertiary/aromatic N) is 2. The Morgan fingerprint density at radius 1 is 1.33 bits per heavy atom. The van der Waals surface area contributed by atoms with E-state index in [1.807, 2.05) is 6.07 Å². The third kappa shape index (κ3) is 1.92. The first-order valence-corrected chi connectivity index (χ1v) is 2.23. The van der Waals surface area contributed by atoms with Crippen LogP contribution in [0.3, 0.4) is 0 Å². The molecule has 0 saturated carbocycles. The van der Waals surface area contributed by atoms with Crippen LogP contribution in [0.1, 0.15) is 13.0 Å². The van der Waals surface area contributed by atoms with Gasteiger partial charge in [-0.3, -0.25) is 4.98 Å². The van der Waals surface area contributed by atoms with Crippen LogP contribution < -0.4 is 0 Å². The zero-order valence-electron chi connectivity index (χ0n) is 4.20. The minimum Gasteiger partial charge on any atom is -0.265 e. The van der Waals surface area contributed by atoms with Gasteiger partial charge in [0.15, 0.2) is 0 Å². The van der Waals surface area contributed by atoms with Crippen LogP contribution in [-0.4, -0.2) is 4.98 Å². The summed E-state index contributed by atoms with van der Waals surface area (Å²) in [5.41, 5.74) is 0.653. The van der Waals surface area contributed by atoms with E-state index in [1.165, 1.54) is 0 Å². The number of rotatable bonds is 0. The van der Waals surface area contributed by atoms with E-state index in [1.54, 1.807) is 24.5 Å². The van der Waals surface area contributed by atoms with Gasteiger partial charge >= 0.3 is 0 Å². The average Bonchev–Trinajstić information content (AvgIpc) is 1.90. The van der Waals surface area contributed by atoms with E-state index in [-0.39, 0.29) is 7.43 Å². The summed E-state index contributed by atoms with van der Waals surface area (Å²) in [5.74, 6) is 0. The molecule has 1 aromatic heterocycles. The van der Waals surface area contributed by atoms with E-state index < -0.39 is 0 Å². The summed E-state index contributed by atoms with van der Waals surface area (Å²) in [4.78, 5) is 3.74. The minimum atomic E-state index is 0. The first kappa shape index (κ1) is 7.64. The van der Waals surface area contributed by atoms with Gasteiger partial charge in [0.25, 0.3) is 0 Å². The lowest BCUT2D eigenvalue weighted by Crippen LogP contribution is -1.71. The third-order valence-electron chi connectivity index (χ3n) is 0.809. The van der Waals surface area contributed by atoms with Crippen molar-refractivity contribution in [2.45, 2.75) is 7.43 Å². The largest absolute Gasteiger partial charge is 0.265 e. The second kappa shape index (κ2) is 3.62. The van der Waals surface area contributed by atoms with Gasteiger partial charge in [-0.25, -0.2) is 0 Å². The highest BCUT2D eigenvalue weighted by Gasteiger charge is 1.80. The molecule has 1 aromatic rings. The van der Waals surface area contributed by atoms with Gasteiger partial charge < -0.3 is 0 Å². The van der Waals surface area contributed by atoms with Crippen molar-refractivity contribution >= 4 is 0 Å². The molecule has 0 radical (unpaired) electrons. The summed E-state index contributed by atoms with van der Waals surface area (Å²) in [6.45, 7) is 0. The molecule has 0 N–H and O–H groups in total. The number of aromatic nitrogens is 1. The monoisotopic (exact) mass is 120 g/mol. The molecule has 0 atom stereocenters. The fourth-order valence-corrected chi connectivity index (χ4v) is 0.426. The van der Waals surface area contributed by atoms with Crippen molar-refractivity contribution in [3.63, 3.8) is 0 Å². The van der Waals surface area contributed by atoms with Crippen LogP contribution in [0.4, 0.5) is 0 Å². The van der Waals surface area contributed by atoms with E-state index in [0.717, 1.165) is 0 Å². The van der Waals surface area contributed by atoms with Gasteiger partial charge in [-0.1, -0.05) is 7.43 Å². The van der Waals surface area contributed by atoms with E-state index >= 15 is 0 Å². The van der Waals surface area contributed by atoms with Crippen LogP contribution in [0.2, 0.25) is 0 Å². The van der Waals surface area contributed by atoms with Crippen molar-refractivity contribution in [1.82, 2.24) is 4.98 Å². The maximum Gasteiger partial charge on any atom is 0.0992 e. The van der Waals surface area contributed by atoms with Crippen molar-refractivity contribution in [2.24, 2.45) is 0 Å². The van der Waals surface area contributed by atoms with Crippen LogP contribution in [-0.2, 0) is 0 Å². The van der Waals surface area contributed by atoms with Gasteiger partial charge in [-0.05, 0) is 12.1 Å². The van der Waals surface area contributed by atoms with E-state index in [4.69, 9.17) is 5.26 Å². The van der Waals surface area contributed by atoms with Crippen LogP contribution in [0.25, 0.3) is 0 Å². The van der Waals surface area contributed by atoms with Gasteiger partial charge in [-0.15, -0.1) is 0 Å². The summed E-state index contributed by atoms with van der Waals surface area (Å²) in [6.07, 6.45) is 3.19. The molecular weight excluding hydrogens is 112 g/mol. The summed E-state index contributed by atoms with van der Waals surface area (Å²) in [6, 6.07) is 5.32. The highest BCUT2D eigenvalue weighted by molar-refractivity contribution is 5.24. The zero-order chi connectivity index (χ0) is 5.82. The van der Waals surface area contributed by atoms with Crippen molar-refractivity contribution in [2.75, 3.05) is 0 Å². The lowest BCUT2D eigenvalue weighted by atomic mass is 10.3. The molecule has 0 fully saturated rings.